The Morgan fingerprint density at radius 3 is 2.40 bits per heavy atom. The molecule has 0 aliphatic heterocycles. The summed E-state index contributed by atoms with van der Waals surface area (Å²) < 4.78 is 0.895. The van der Waals surface area contributed by atoms with Gasteiger partial charge in [-0.1, -0.05) is 41.9 Å². The minimum atomic E-state index is -0.231. The Morgan fingerprint density at radius 2 is 1.85 bits per heavy atom. The predicted octanol–water partition coefficient (Wildman–Crippen LogP) is 4.22. The van der Waals surface area contributed by atoms with E-state index in [2.05, 4.69) is 15.9 Å². The molecule has 0 bridgehead atoms. The van der Waals surface area contributed by atoms with E-state index in [0.29, 0.717) is 18.4 Å². The van der Waals surface area contributed by atoms with Crippen molar-refractivity contribution in [3.63, 3.8) is 0 Å². The zero-order valence-electron chi connectivity index (χ0n) is 11.6. The Kier molecular flexibility index (Phi) is 4.14. The van der Waals surface area contributed by atoms with Gasteiger partial charge < -0.3 is 5.11 Å². The van der Waals surface area contributed by atoms with Crippen molar-refractivity contribution in [1.82, 2.24) is 0 Å². The van der Waals surface area contributed by atoms with Crippen LogP contribution < -0.4 is 0 Å². The molecule has 1 aliphatic carbocycles. The van der Waals surface area contributed by atoms with Gasteiger partial charge in [-0.2, -0.15) is 0 Å². The van der Waals surface area contributed by atoms with Gasteiger partial charge in [-0.25, -0.2) is 0 Å². The molecule has 1 aromatic carbocycles. The number of aliphatic hydroxyl groups is 1. The Morgan fingerprint density at radius 1 is 1.25 bits per heavy atom. The Hall–Kier alpha value is -1.42. The number of aliphatic hydroxyl groups excluding tert-OH is 1. The molecule has 0 aromatic heterocycles. The molecule has 0 saturated carbocycles. The number of allylic oxidation sites excluding steroid dienone is 2. The maximum Gasteiger partial charge on any atom is 0.167 e. The number of hydrogen-bond acceptors (Lipinski definition) is 3. The monoisotopic (exact) mass is 336 g/mol. The Balaban J connectivity index is 2.19. The first kappa shape index (κ1) is 15.0. The summed E-state index contributed by atoms with van der Waals surface area (Å²) in [4.78, 5) is 24.2. The van der Waals surface area contributed by atoms with Crippen LogP contribution in [0.2, 0.25) is 0 Å². The van der Waals surface area contributed by atoms with Gasteiger partial charge in [0.05, 0.1) is 5.76 Å². The molecule has 1 N–H and O–H groups in total. The SMILES string of the molecule is CC1(C)CC(=O)C(CC(=O)c2ccc(Br)cc2)=C(O)C1. The number of ketones is 2. The lowest BCUT2D eigenvalue weighted by Gasteiger charge is -2.29. The molecule has 0 spiro atoms. The molecule has 0 amide bonds. The molecule has 2 rings (SSSR count). The largest absolute Gasteiger partial charge is 0.512 e. The van der Waals surface area contributed by atoms with Crippen LogP contribution in [0.25, 0.3) is 0 Å². The van der Waals surface area contributed by atoms with Crippen LogP contribution in [-0.2, 0) is 4.79 Å². The summed E-state index contributed by atoms with van der Waals surface area (Å²) in [5.74, 6) is -0.201. The molecular weight excluding hydrogens is 320 g/mol. The van der Waals surface area contributed by atoms with Crippen LogP contribution in [-0.4, -0.2) is 16.7 Å². The Bertz CT molecular complexity index is 582. The number of carbonyl (C=O) groups is 2. The molecule has 0 fully saturated rings. The molecule has 1 aromatic rings. The van der Waals surface area contributed by atoms with Crippen molar-refractivity contribution in [2.24, 2.45) is 5.41 Å². The fourth-order valence-corrected chi connectivity index (χ4v) is 2.69. The second kappa shape index (κ2) is 5.52. The van der Waals surface area contributed by atoms with Crippen molar-refractivity contribution in [1.29, 1.82) is 0 Å². The number of Topliss-reactive ketones (excluding diaryl/α,β-unsaturated/α-hetero) is 2. The number of halogens is 1. The van der Waals surface area contributed by atoms with E-state index < -0.39 is 0 Å². The quantitative estimate of drug-likeness (QED) is 0.840. The lowest BCUT2D eigenvalue weighted by atomic mass is 9.75. The van der Waals surface area contributed by atoms with Crippen LogP contribution >= 0.6 is 15.9 Å². The molecule has 106 valence electrons. The first-order valence-corrected chi connectivity index (χ1v) is 7.31. The minimum Gasteiger partial charge on any atom is -0.512 e. The molecule has 3 nitrogen and oxygen atoms in total. The third-order valence-electron chi connectivity index (χ3n) is 3.47. The fraction of sp³-hybridized carbons (Fsp3) is 0.375. The average molecular weight is 337 g/mol. The fourth-order valence-electron chi connectivity index (χ4n) is 2.42. The molecule has 0 unspecified atom stereocenters. The second-order valence-electron chi connectivity index (χ2n) is 5.97. The van der Waals surface area contributed by atoms with Crippen LogP contribution in [0.4, 0.5) is 0 Å². The summed E-state index contributed by atoms with van der Waals surface area (Å²) >= 11 is 3.31. The highest BCUT2D eigenvalue weighted by atomic mass is 79.9. The molecule has 4 heteroatoms. The van der Waals surface area contributed by atoms with Crippen molar-refractivity contribution >= 4 is 27.5 Å². The maximum atomic E-state index is 12.2. The molecular formula is C16H17BrO3. The van der Waals surface area contributed by atoms with Crippen LogP contribution in [0, 0.1) is 5.41 Å². The van der Waals surface area contributed by atoms with Crippen molar-refractivity contribution < 1.29 is 14.7 Å². The zero-order chi connectivity index (χ0) is 14.9. The van der Waals surface area contributed by atoms with Gasteiger partial charge in [0.15, 0.2) is 11.6 Å². The van der Waals surface area contributed by atoms with E-state index in [-0.39, 0.29) is 34.7 Å². The minimum absolute atomic E-state index is 0.0254. The second-order valence-corrected chi connectivity index (χ2v) is 6.89. The molecule has 1 aliphatic rings. The summed E-state index contributed by atoms with van der Waals surface area (Å²) in [5, 5.41) is 10.0. The highest BCUT2D eigenvalue weighted by molar-refractivity contribution is 9.10. The van der Waals surface area contributed by atoms with Gasteiger partial charge in [0.2, 0.25) is 0 Å². The van der Waals surface area contributed by atoms with Gasteiger partial charge in [-0.15, -0.1) is 0 Å². The highest BCUT2D eigenvalue weighted by Crippen LogP contribution is 2.36. The van der Waals surface area contributed by atoms with Crippen LogP contribution in [0.1, 0.15) is 43.5 Å². The number of hydrogen-bond donors (Lipinski definition) is 1. The number of benzene rings is 1. The van der Waals surface area contributed by atoms with E-state index >= 15 is 0 Å². The predicted molar refractivity (Wildman–Crippen MR) is 80.8 cm³/mol. The van der Waals surface area contributed by atoms with Crippen molar-refractivity contribution in [3.05, 3.63) is 45.6 Å². The smallest absolute Gasteiger partial charge is 0.167 e. The summed E-state index contributed by atoms with van der Waals surface area (Å²) in [6.45, 7) is 3.88. The van der Waals surface area contributed by atoms with Gasteiger partial charge in [-0.05, 0) is 17.5 Å². The molecule has 0 saturated heterocycles. The summed E-state index contributed by atoms with van der Waals surface area (Å²) in [7, 11) is 0. The lowest BCUT2D eigenvalue weighted by molar-refractivity contribution is -0.118. The van der Waals surface area contributed by atoms with Gasteiger partial charge in [0, 0.05) is 34.9 Å². The topological polar surface area (TPSA) is 54.4 Å². The molecule has 0 atom stereocenters. The van der Waals surface area contributed by atoms with E-state index in [0.717, 1.165) is 4.47 Å². The van der Waals surface area contributed by atoms with E-state index in [1.54, 1.807) is 24.3 Å². The maximum absolute atomic E-state index is 12.2. The van der Waals surface area contributed by atoms with Crippen LogP contribution in [0.5, 0.6) is 0 Å². The van der Waals surface area contributed by atoms with Crippen LogP contribution in [0.15, 0.2) is 40.1 Å². The summed E-state index contributed by atoms with van der Waals surface area (Å²) in [5.41, 5.74) is 0.592. The normalized spacial score (nSPS) is 18.2. The zero-order valence-corrected chi connectivity index (χ0v) is 13.2. The van der Waals surface area contributed by atoms with Crippen molar-refractivity contribution in [3.8, 4) is 0 Å². The van der Waals surface area contributed by atoms with Gasteiger partial charge in [0.25, 0.3) is 0 Å². The van der Waals surface area contributed by atoms with Crippen molar-refractivity contribution in [2.45, 2.75) is 33.1 Å². The van der Waals surface area contributed by atoms with Crippen molar-refractivity contribution in [2.75, 3.05) is 0 Å². The van der Waals surface area contributed by atoms with Gasteiger partial charge >= 0.3 is 0 Å². The number of carbonyl (C=O) groups excluding carboxylic acids is 2. The Labute approximate surface area is 126 Å². The van der Waals surface area contributed by atoms with Gasteiger partial charge in [0.1, 0.15) is 0 Å². The highest BCUT2D eigenvalue weighted by Gasteiger charge is 2.33. The third-order valence-corrected chi connectivity index (χ3v) is 4.00. The number of rotatable bonds is 3. The standard InChI is InChI=1S/C16H17BrO3/c1-16(2)8-14(19)12(15(20)9-16)7-13(18)10-3-5-11(17)6-4-10/h3-6,19H,7-9H2,1-2H3. The third kappa shape index (κ3) is 3.37. The van der Waals surface area contributed by atoms with E-state index in [1.165, 1.54) is 0 Å². The summed E-state index contributed by atoms with van der Waals surface area (Å²) in [6, 6.07) is 6.99. The average Bonchev–Trinajstić information content (AvgIpc) is 2.33. The summed E-state index contributed by atoms with van der Waals surface area (Å²) in [6.07, 6.45) is 0.796. The first-order valence-electron chi connectivity index (χ1n) is 6.51. The molecule has 0 heterocycles. The van der Waals surface area contributed by atoms with Gasteiger partial charge in [-0.3, -0.25) is 9.59 Å². The van der Waals surface area contributed by atoms with E-state index in [1.807, 2.05) is 13.8 Å². The van der Waals surface area contributed by atoms with E-state index in [9.17, 15) is 14.7 Å². The first-order chi connectivity index (χ1) is 9.28. The molecule has 20 heavy (non-hydrogen) atoms. The van der Waals surface area contributed by atoms with E-state index in [4.69, 9.17) is 0 Å². The lowest BCUT2D eigenvalue weighted by Crippen LogP contribution is -2.26. The van der Waals surface area contributed by atoms with Crippen LogP contribution in [0.3, 0.4) is 0 Å². The molecule has 0 radical (unpaired) electrons.